The van der Waals surface area contributed by atoms with Crippen LogP contribution in [0.3, 0.4) is 0 Å². The fourth-order valence-electron chi connectivity index (χ4n) is 11.3. The molecule has 0 aromatic rings. The zero-order valence-electron chi connectivity index (χ0n) is 24.4. The van der Waals surface area contributed by atoms with Crippen LogP contribution in [0.25, 0.3) is 0 Å². The Balaban J connectivity index is 1.56. The maximum absolute atomic E-state index is 12.4. The van der Waals surface area contributed by atoms with Crippen molar-refractivity contribution in [1.29, 1.82) is 0 Å². The molecule has 5 heteroatoms. The first kappa shape index (κ1) is 27.5. The van der Waals surface area contributed by atoms with Gasteiger partial charge < -0.3 is 9.84 Å². The molecule has 0 aromatic carbocycles. The molecule has 208 valence electrons. The molecule has 0 aliphatic heterocycles. The Hall–Kier alpha value is -1.03. The van der Waals surface area contributed by atoms with Gasteiger partial charge in [0.2, 0.25) is 0 Å². The zero-order valence-corrected chi connectivity index (χ0v) is 25.1. The summed E-state index contributed by atoms with van der Waals surface area (Å²) in [6.45, 7) is 18.2. The van der Waals surface area contributed by atoms with Crippen LogP contribution in [-0.2, 0) is 14.3 Å². The van der Waals surface area contributed by atoms with Crippen molar-refractivity contribution in [3.05, 3.63) is 10.6 Å². The van der Waals surface area contributed by atoms with Crippen LogP contribution in [0.1, 0.15) is 113 Å². The van der Waals surface area contributed by atoms with E-state index in [0.29, 0.717) is 11.8 Å². The van der Waals surface area contributed by atoms with Crippen molar-refractivity contribution in [3.63, 3.8) is 0 Å². The molecule has 0 amide bonds. The van der Waals surface area contributed by atoms with Gasteiger partial charge in [-0.05, 0) is 109 Å². The van der Waals surface area contributed by atoms with Gasteiger partial charge in [-0.15, -0.1) is 0 Å². The standard InChI is InChI=1S/C32H49ClO4/c1-18(34)37-25-11-12-30(6)23(29(25,4)5)10-14-31(7)24(30)15-22(33)26-20-16-28(2,3)17-21(27(35)36)19(20)9-13-32(26,31)8/h19-21,23-25H,9-17H2,1-8H3,(H,35,36)/t19?,20?,21-,23?,24?,25?,30?,31?,32?/m1/s1. The minimum absolute atomic E-state index is 0.00447. The van der Waals surface area contributed by atoms with Crippen LogP contribution >= 0.6 is 11.6 Å². The lowest BCUT2D eigenvalue weighted by molar-refractivity contribution is -0.211. The monoisotopic (exact) mass is 532 g/mol. The van der Waals surface area contributed by atoms with E-state index >= 15 is 0 Å². The van der Waals surface area contributed by atoms with Gasteiger partial charge in [-0.3, -0.25) is 9.59 Å². The summed E-state index contributed by atoms with van der Waals surface area (Å²) in [7, 11) is 0. The van der Waals surface area contributed by atoms with E-state index in [1.54, 1.807) is 0 Å². The van der Waals surface area contributed by atoms with E-state index in [1.165, 1.54) is 12.5 Å². The highest BCUT2D eigenvalue weighted by Gasteiger charge is 2.68. The number of hydrogen-bond acceptors (Lipinski definition) is 3. The Labute approximate surface area is 229 Å². The van der Waals surface area contributed by atoms with E-state index in [1.807, 2.05) is 0 Å². The van der Waals surface area contributed by atoms with Crippen LogP contribution in [0, 0.1) is 56.7 Å². The summed E-state index contributed by atoms with van der Waals surface area (Å²) in [5, 5.41) is 11.2. The number of hydrogen-bond donors (Lipinski definition) is 1. The van der Waals surface area contributed by atoms with Crippen molar-refractivity contribution < 1.29 is 19.4 Å². The smallest absolute Gasteiger partial charge is 0.306 e. The van der Waals surface area contributed by atoms with E-state index in [4.69, 9.17) is 16.3 Å². The molecule has 0 spiro atoms. The van der Waals surface area contributed by atoms with Gasteiger partial charge in [0.15, 0.2) is 0 Å². The molecule has 4 saturated carbocycles. The normalized spacial score (nSPS) is 48.1. The Bertz CT molecular complexity index is 1030. The molecule has 37 heavy (non-hydrogen) atoms. The summed E-state index contributed by atoms with van der Waals surface area (Å²) in [6, 6.07) is 0. The lowest BCUT2D eigenvalue weighted by atomic mass is 9.34. The van der Waals surface area contributed by atoms with Gasteiger partial charge in [-0.1, -0.05) is 60.1 Å². The number of carboxylic acid groups (broad SMARTS) is 1. The quantitative estimate of drug-likeness (QED) is 0.364. The maximum atomic E-state index is 12.4. The summed E-state index contributed by atoms with van der Waals surface area (Å²) in [4.78, 5) is 24.3. The Kier molecular flexibility index (Phi) is 6.31. The Morgan fingerprint density at radius 1 is 0.919 bits per heavy atom. The van der Waals surface area contributed by atoms with Crippen molar-refractivity contribution >= 4 is 23.5 Å². The number of ether oxygens (including phenoxy) is 1. The first-order valence-corrected chi connectivity index (χ1v) is 15.1. The number of allylic oxidation sites excluding steroid dienone is 2. The summed E-state index contributed by atoms with van der Waals surface area (Å²) < 4.78 is 5.87. The number of carboxylic acids is 1. The van der Waals surface area contributed by atoms with Gasteiger partial charge in [-0.2, -0.15) is 0 Å². The van der Waals surface area contributed by atoms with Crippen LogP contribution in [0.15, 0.2) is 10.6 Å². The van der Waals surface area contributed by atoms with Crippen LogP contribution in [0.5, 0.6) is 0 Å². The molecule has 4 nitrogen and oxygen atoms in total. The fraction of sp³-hybridized carbons (Fsp3) is 0.875. The lowest BCUT2D eigenvalue weighted by Crippen LogP contribution is -2.64. The van der Waals surface area contributed by atoms with Crippen LogP contribution in [-0.4, -0.2) is 23.1 Å². The number of rotatable bonds is 2. The van der Waals surface area contributed by atoms with E-state index in [2.05, 4.69) is 48.5 Å². The highest BCUT2D eigenvalue weighted by molar-refractivity contribution is 6.30. The Morgan fingerprint density at radius 3 is 2.22 bits per heavy atom. The molecule has 5 rings (SSSR count). The highest BCUT2D eigenvalue weighted by atomic mass is 35.5. The topological polar surface area (TPSA) is 63.6 Å². The number of aliphatic carboxylic acids is 1. The average Bonchev–Trinajstić information content (AvgIpc) is 2.76. The second-order valence-electron chi connectivity index (χ2n) is 15.7. The molecule has 1 N–H and O–H groups in total. The fourth-order valence-corrected chi connectivity index (χ4v) is 11.8. The van der Waals surface area contributed by atoms with Crippen molar-refractivity contribution in [2.24, 2.45) is 56.7 Å². The van der Waals surface area contributed by atoms with Gasteiger partial charge in [0.25, 0.3) is 0 Å². The second kappa shape index (κ2) is 8.48. The number of esters is 1. The lowest BCUT2D eigenvalue weighted by Gasteiger charge is -2.71. The summed E-state index contributed by atoms with van der Waals surface area (Å²) in [6.07, 6.45) is 9.00. The van der Waals surface area contributed by atoms with E-state index in [9.17, 15) is 14.7 Å². The van der Waals surface area contributed by atoms with Gasteiger partial charge in [0, 0.05) is 17.4 Å². The van der Waals surface area contributed by atoms with Crippen LogP contribution < -0.4 is 0 Å². The third-order valence-corrected chi connectivity index (χ3v) is 13.4. The summed E-state index contributed by atoms with van der Waals surface area (Å²) >= 11 is 7.43. The molecule has 5 aliphatic carbocycles. The number of carbonyl (C=O) groups excluding carboxylic acids is 1. The van der Waals surface area contributed by atoms with Crippen LogP contribution in [0.4, 0.5) is 0 Å². The molecule has 0 heterocycles. The first-order valence-electron chi connectivity index (χ1n) is 14.8. The van der Waals surface area contributed by atoms with E-state index in [-0.39, 0.29) is 56.9 Å². The predicted octanol–water partition coefficient (Wildman–Crippen LogP) is 8.23. The van der Waals surface area contributed by atoms with Crippen molar-refractivity contribution in [3.8, 4) is 0 Å². The van der Waals surface area contributed by atoms with Gasteiger partial charge in [-0.25, -0.2) is 0 Å². The largest absolute Gasteiger partial charge is 0.481 e. The van der Waals surface area contributed by atoms with E-state index in [0.717, 1.165) is 62.8 Å². The highest BCUT2D eigenvalue weighted by Crippen LogP contribution is 2.76. The molecule has 8 unspecified atom stereocenters. The van der Waals surface area contributed by atoms with Gasteiger partial charge in [0.05, 0.1) is 5.92 Å². The minimum Gasteiger partial charge on any atom is -0.481 e. The van der Waals surface area contributed by atoms with Crippen molar-refractivity contribution in [2.75, 3.05) is 0 Å². The molecule has 0 aromatic heterocycles. The molecular weight excluding hydrogens is 484 g/mol. The predicted molar refractivity (Wildman–Crippen MR) is 147 cm³/mol. The Morgan fingerprint density at radius 2 is 1.59 bits per heavy atom. The molecule has 0 radical (unpaired) electrons. The molecule has 4 fully saturated rings. The van der Waals surface area contributed by atoms with E-state index < -0.39 is 5.97 Å². The summed E-state index contributed by atoms with van der Waals surface area (Å²) in [5.74, 6) is 0.361. The minimum atomic E-state index is -0.622. The first-order chi connectivity index (χ1) is 17.0. The summed E-state index contributed by atoms with van der Waals surface area (Å²) in [5.41, 5.74) is 1.62. The van der Waals surface area contributed by atoms with Crippen molar-refractivity contribution in [2.45, 2.75) is 119 Å². The third kappa shape index (κ3) is 3.80. The zero-order chi connectivity index (χ0) is 27.3. The molecule has 5 aliphatic rings. The molecule has 9 atom stereocenters. The molecular formula is C32H49ClO4. The average molecular weight is 533 g/mol. The van der Waals surface area contributed by atoms with Gasteiger partial charge in [0.1, 0.15) is 6.10 Å². The second-order valence-corrected chi connectivity index (χ2v) is 16.2. The third-order valence-electron chi connectivity index (χ3n) is 13.1. The van der Waals surface area contributed by atoms with Crippen LogP contribution in [0.2, 0.25) is 0 Å². The molecule has 0 bridgehead atoms. The SMILES string of the molecule is CC(=O)OC1CCC2(C)C(CCC3(C)C2CC(Cl)=C2C4CC(C)(C)C[C@@H](C(=O)O)C4CCC23C)C1(C)C. The maximum Gasteiger partial charge on any atom is 0.306 e. The number of carbonyl (C=O) groups is 2. The number of fused-ring (bicyclic) bond motifs is 7. The van der Waals surface area contributed by atoms with Crippen molar-refractivity contribution in [1.82, 2.24) is 0 Å². The van der Waals surface area contributed by atoms with Gasteiger partial charge >= 0.3 is 11.9 Å². The molecule has 0 saturated heterocycles. The number of halogens is 1.